The molecule has 0 bridgehead atoms. The Hall–Kier alpha value is -3.33. The summed E-state index contributed by atoms with van der Waals surface area (Å²) in [6.07, 6.45) is -4.14. The minimum atomic E-state index is -2.90. The van der Waals surface area contributed by atoms with Gasteiger partial charge in [0.2, 0.25) is 5.91 Å². The predicted molar refractivity (Wildman–Crippen MR) is 128 cm³/mol. The van der Waals surface area contributed by atoms with Gasteiger partial charge < -0.3 is 11.1 Å². The molecule has 0 saturated heterocycles. The van der Waals surface area contributed by atoms with Crippen molar-refractivity contribution in [3.05, 3.63) is 44.4 Å². The fourth-order valence-corrected chi connectivity index (χ4v) is 5.23. The number of aryl methyl sites for hydroxylation is 2. The molecule has 15 heteroatoms. The summed E-state index contributed by atoms with van der Waals surface area (Å²) in [5.41, 5.74) is 6.05. The highest BCUT2D eigenvalue weighted by Gasteiger charge is 2.27. The number of amides is 2. The lowest BCUT2D eigenvalue weighted by molar-refractivity contribution is -0.116. The average Bonchev–Trinajstić information content (AvgIpc) is 3.42. The van der Waals surface area contributed by atoms with Crippen molar-refractivity contribution in [2.45, 2.75) is 33.2 Å². The van der Waals surface area contributed by atoms with Crippen molar-refractivity contribution >= 4 is 55.0 Å². The van der Waals surface area contributed by atoms with Crippen LogP contribution in [0.25, 0.3) is 21.3 Å². The number of nitrogens with two attached hydrogens (primary N) is 1. The molecule has 9 nitrogen and oxygen atoms in total. The maximum atomic E-state index is 13.6. The van der Waals surface area contributed by atoms with Crippen LogP contribution in [0, 0.1) is 13.8 Å². The molecule has 4 heterocycles. The molecular weight excluding hydrogens is 570 g/mol. The number of pyridine rings is 1. The number of carbonyl (C=O) groups excluding carboxylic acids is 2. The van der Waals surface area contributed by atoms with Crippen molar-refractivity contribution in [3.8, 4) is 11.1 Å². The third-order valence-corrected chi connectivity index (χ3v) is 7.43. The highest BCUT2D eigenvalue weighted by molar-refractivity contribution is 9.10. The fraction of sp³-hybridized carbons (Fsp3) is 0.286. The number of alkyl halides is 4. The zero-order chi connectivity index (χ0) is 26.5. The van der Waals surface area contributed by atoms with Crippen LogP contribution in [-0.2, 0) is 18.4 Å². The summed E-state index contributed by atoms with van der Waals surface area (Å²) in [7, 11) is 1.66. The van der Waals surface area contributed by atoms with E-state index >= 15 is 0 Å². The van der Waals surface area contributed by atoms with Crippen molar-refractivity contribution in [2.24, 2.45) is 12.8 Å². The van der Waals surface area contributed by atoms with Gasteiger partial charge in [-0.25, -0.2) is 22.5 Å². The number of thiophene rings is 1. The fourth-order valence-electron chi connectivity index (χ4n) is 3.75. The first kappa shape index (κ1) is 25.8. The second-order valence-electron chi connectivity index (χ2n) is 7.84. The molecule has 0 saturated carbocycles. The standard InChI is InChI=1S/C21H18BrF4N7O2S/c1-7-10(5-32(3)30-7)9-4-11(18(23)24)28-21-13(9)15(17(36-21)20(27)35)29-12(34)6-33-8(2)14(22)16(31-33)19(25)26/h4-5,18-19H,6H2,1-3H3,(H2,27,35)(H,29,34). The van der Waals surface area contributed by atoms with Crippen LogP contribution in [0.4, 0.5) is 23.2 Å². The number of hydrogen-bond acceptors (Lipinski definition) is 6. The van der Waals surface area contributed by atoms with Crippen LogP contribution < -0.4 is 11.1 Å². The van der Waals surface area contributed by atoms with E-state index in [-0.39, 0.29) is 30.8 Å². The van der Waals surface area contributed by atoms with Gasteiger partial charge in [0.1, 0.15) is 27.6 Å². The number of nitrogens with zero attached hydrogens (tertiary/aromatic N) is 5. The third kappa shape index (κ3) is 4.59. The summed E-state index contributed by atoms with van der Waals surface area (Å²) < 4.78 is 56.3. The van der Waals surface area contributed by atoms with Crippen LogP contribution in [0.1, 0.15) is 45.3 Å². The Morgan fingerprint density at radius 3 is 2.39 bits per heavy atom. The monoisotopic (exact) mass is 587 g/mol. The second-order valence-corrected chi connectivity index (χ2v) is 9.63. The molecule has 2 amide bonds. The average molecular weight is 588 g/mol. The molecule has 4 aromatic rings. The first-order chi connectivity index (χ1) is 16.9. The molecule has 0 aromatic carbocycles. The Morgan fingerprint density at radius 2 is 1.86 bits per heavy atom. The molecular formula is C21H18BrF4N7O2S. The molecule has 0 aliphatic heterocycles. The molecule has 0 radical (unpaired) electrons. The summed E-state index contributed by atoms with van der Waals surface area (Å²) in [6, 6.07) is 1.17. The van der Waals surface area contributed by atoms with Crippen LogP contribution in [-0.4, -0.2) is 36.4 Å². The highest BCUT2D eigenvalue weighted by Crippen LogP contribution is 2.43. The molecule has 0 fully saturated rings. The van der Waals surface area contributed by atoms with Gasteiger partial charge in [-0.3, -0.25) is 19.0 Å². The van der Waals surface area contributed by atoms with Gasteiger partial charge in [0.25, 0.3) is 18.8 Å². The van der Waals surface area contributed by atoms with Gasteiger partial charge in [0.15, 0.2) is 0 Å². The Balaban J connectivity index is 1.85. The predicted octanol–water partition coefficient (Wildman–Crippen LogP) is 4.89. The van der Waals surface area contributed by atoms with E-state index in [4.69, 9.17) is 5.73 Å². The number of rotatable bonds is 7. The highest BCUT2D eigenvalue weighted by atomic mass is 79.9. The normalized spacial score (nSPS) is 11.7. The summed E-state index contributed by atoms with van der Waals surface area (Å²) in [5, 5.41) is 10.8. The van der Waals surface area contributed by atoms with Crippen LogP contribution >= 0.6 is 27.3 Å². The number of carbonyl (C=O) groups is 2. The molecule has 0 spiro atoms. The van der Waals surface area contributed by atoms with Crippen molar-refractivity contribution in [2.75, 3.05) is 5.32 Å². The largest absolute Gasteiger partial charge is 0.365 e. The molecule has 3 N–H and O–H groups in total. The van der Waals surface area contributed by atoms with Gasteiger partial charge >= 0.3 is 0 Å². The number of anilines is 1. The number of primary amides is 1. The second kappa shape index (κ2) is 9.61. The maximum Gasteiger partial charge on any atom is 0.283 e. The Morgan fingerprint density at radius 1 is 1.17 bits per heavy atom. The van der Waals surface area contributed by atoms with E-state index in [0.717, 1.165) is 16.0 Å². The van der Waals surface area contributed by atoms with Gasteiger partial charge in [-0.1, -0.05) is 0 Å². The lowest BCUT2D eigenvalue weighted by Crippen LogP contribution is -2.22. The van der Waals surface area contributed by atoms with Gasteiger partial charge in [0, 0.05) is 24.2 Å². The topological polar surface area (TPSA) is 121 Å². The zero-order valence-electron chi connectivity index (χ0n) is 18.9. The van der Waals surface area contributed by atoms with E-state index in [1.807, 2.05) is 0 Å². The van der Waals surface area contributed by atoms with E-state index in [0.29, 0.717) is 17.0 Å². The maximum absolute atomic E-state index is 13.6. The number of fused-ring (bicyclic) bond motifs is 1. The van der Waals surface area contributed by atoms with Gasteiger partial charge in [-0.15, -0.1) is 11.3 Å². The van der Waals surface area contributed by atoms with Crippen LogP contribution in [0.2, 0.25) is 0 Å². The minimum Gasteiger partial charge on any atom is -0.365 e. The van der Waals surface area contributed by atoms with Crippen LogP contribution in [0.3, 0.4) is 0 Å². The molecule has 190 valence electrons. The number of halogens is 5. The van der Waals surface area contributed by atoms with Gasteiger partial charge in [-0.2, -0.15) is 10.2 Å². The summed E-state index contributed by atoms with van der Waals surface area (Å²) in [6.45, 7) is 2.73. The molecule has 0 aliphatic carbocycles. The lowest BCUT2D eigenvalue weighted by Gasteiger charge is -2.11. The van der Waals surface area contributed by atoms with Crippen LogP contribution in [0.5, 0.6) is 0 Å². The Bertz CT molecular complexity index is 1510. The molecule has 0 aliphatic rings. The Kier molecular flexibility index (Phi) is 6.88. The first-order valence-electron chi connectivity index (χ1n) is 10.3. The van der Waals surface area contributed by atoms with Crippen molar-refractivity contribution in [3.63, 3.8) is 0 Å². The molecule has 4 aromatic heterocycles. The van der Waals surface area contributed by atoms with E-state index in [2.05, 4.69) is 36.4 Å². The first-order valence-corrected chi connectivity index (χ1v) is 11.9. The lowest BCUT2D eigenvalue weighted by atomic mass is 10.0. The number of nitrogens with one attached hydrogen (secondary N) is 1. The van der Waals surface area contributed by atoms with Crippen LogP contribution in [0.15, 0.2) is 16.7 Å². The van der Waals surface area contributed by atoms with Crippen molar-refractivity contribution < 1.29 is 27.2 Å². The summed E-state index contributed by atoms with van der Waals surface area (Å²) in [4.78, 5) is 29.1. The molecule has 4 rings (SSSR count). The summed E-state index contributed by atoms with van der Waals surface area (Å²) >= 11 is 3.80. The molecule has 36 heavy (non-hydrogen) atoms. The zero-order valence-corrected chi connectivity index (χ0v) is 21.3. The number of aromatic nitrogens is 5. The van der Waals surface area contributed by atoms with Gasteiger partial charge in [-0.05, 0) is 41.4 Å². The van der Waals surface area contributed by atoms with E-state index in [1.54, 1.807) is 20.2 Å². The van der Waals surface area contributed by atoms with E-state index < -0.39 is 42.6 Å². The van der Waals surface area contributed by atoms with Gasteiger partial charge in [0.05, 0.1) is 21.5 Å². The SMILES string of the molecule is Cc1nn(C)cc1-c1cc(C(F)F)nc2sc(C(N)=O)c(NC(=O)Cn3nc(C(F)F)c(Br)c3C)c12. The summed E-state index contributed by atoms with van der Waals surface area (Å²) in [5.74, 6) is -1.61. The van der Waals surface area contributed by atoms with Crippen molar-refractivity contribution in [1.82, 2.24) is 24.5 Å². The van der Waals surface area contributed by atoms with E-state index in [1.165, 1.54) is 17.7 Å². The minimum absolute atomic E-state index is 0.0166. The van der Waals surface area contributed by atoms with Crippen molar-refractivity contribution in [1.29, 1.82) is 0 Å². The number of hydrogen-bond donors (Lipinski definition) is 2. The quantitative estimate of drug-likeness (QED) is 0.298. The van der Waals surface area contributed by atoms with E-state index in [9.17, 15) is 27.2 Å². The molecule has 0 atom stereocenters. The molecule has 0 unspecified atom stereocenters. The smallest absolute Gasteiger partial charge is 0.283 e. The third-order valence-electron chi connectivity index (χ3n) is 5.36. The Labute approximate surface area is 213 Å².